The van der Waals surface area contributed by atoms with Gasteiger partial charge in [-0.1, -0.05) is 78.9 Å². The maximum absolute atomic E-state index is 13.6. The van der Waals surface area contributed by atoms with E-state index in [0.29, 0.717) is 0 Å². The van der Waals surface area contributed by atoms with Crippen molar-refractivity contribution in [3.05, 3.63) is 101 Å². The zero-order valence-corrected chi connectivity index (χ0v) is 17.2. The van der Waals surface area contributed by atoms with E-state index in [4.69, 9.17) is 0 Å². The van der Waals surface area contributed by atoms with Crippen LogP contribution in [-0.2, 0) is 4.79 Å². The summed E-state index contributed by atoms with van der Waals surface area (Å²) >= 11 is 0. The minimum absolute atomic E-state index is 0.198. The Morgan fingerprint density at radius 1 is 0.690 bits per heavy atom. The zero-order chi connectivity index (χ0) is 20.2. The van der Waals surface area contributed by atoms with E-state index in [9.17, 15) is 4.79 Å². The lowest BCUT2D eigenvalue weighted by Crippen LogP contribution is -2.50. The predicted octanol–water partition coefficient (Wildman–Crippen LogP) is 4.78. The van der Waals surface area contributed by atoms with Gasteiger partial charge in [0.1, 0.15) is 0 Å². The average Bonchev–Trinajstić information content (AvgIpc) is 2.76. The number of hydrogen-bond acceptors (Lipinski definition) is 2. The molecule has 1 amide bonds. The molecule has 0 radical (unpaired) electrons. The van der Waals surface area contributed by atoms with E-state index >= 15 is 0 Å². The fourth-order valence-electron chi connectivity index (χ4n) is 4.41. The predicted molar refractivity (Wildman–Crippen MR) is 119 cm³/mol. The standard InChI is InChI=1S/C26H28N2O/c1-20-10-9-11-21(2)25(20)27-16-18-28(19-17-27)26(29)24(22-12-5-3-6-13-22)23-14-7-4-8-15-23/h3-15,24H,16-19H2,1-2H3. The van der Waals surface area contributed by atoms with E-state index in [2.05, 4.69) is 61.2 Å². The summed E-state index contributed by atoms with van der Waals surface area (Å²) in [5.74, 6) is -0.0484. The summed E-state index contributed by atoms with van der Waals surface area (Å²) in [6.45, 7) is 7.58. The van der Waals surface area contributed by atoms with Gasteiger partial charge in [-0.05, 0) is 36.1 Å². The molecule has 0 unspecified atom stereocenters. The van der Waals surface area contributed by atoms with E-state index in [1.54, 1.807) is 0 Å². The molecule has 148 valence electrons. The van der Waals surface area contributed by atoms with E-state index in [0.717, 1.165) is 37.3 Å². The SMILES string of the molecule is Cc1cccc(C)c1N1CCN(C(=O)C(c2ccccc2)c2ccccc2)CC1. The summed E-state index contributed by atoms with van der Waals surface area (Å²) in [7, 11) is 0. The second-order valence-electron chi connectivity index (χ2n) is 7.81. The third kappa shape index (κ3) is 4.04. The maximum Gasteiger partial charge on any atom is 0.234 e. The highest BCUT2D eigenvalue weighted by Gasteiger charge is 2.30. The molecule has 0 aromatic heterocycles. The highest BCUT2D eigenvalue weighted by atomic mass is 16.2. The van der Waals surface area contributed by atoms with Crippen molar-refractivity contribution < 1.29 is 4.79 Å². The van der Waals surface area contributed by atoms with Crippen LogP contribution in [0.5, 0.6) is 0 Å². The second kappa shape index (κ2) is 8.52. The van der Waals surface area contributed by atoms with Crippen LogP contribution in [0.1, 0.15) is 28.2 Å². The van der Waals surface area contributed by atoms with Crippen molar-refractivity contribution in [1.29, 1.82) is 0 Å². The minimum Gasteiger partial charge on any atom is -0.368 e. The molecule has 29 heavy (non-hydrogen) atoms. The molecule has 3 aromatic carbocycles. The Hall–Kier alpha value is -3.07. The van der Waals surface area contributed by atoms with Crippen LogP contribution in [0.3, 0.4) is 0 Å². The molecule has 1 aliphatic rings. The maximum atomic E-state index is 13.6. The highest BCUT2D eigenvalue weighted by molar-refractivity contribution is 5.87. The van der Waals surface area contributed by atoms with Crippen LogP contribution in [0.25, 0.3) is 0 Å². The number of para-hydroxylation sites is 1. The number of amides is 1. The van der Waals surface area contributed by atoms with E-state index in [1.165, 1.54) is 16.8 Å². The normalized spacial score (nSPS) is 14.3. The number of piperazine rings is 1. The number of carbonyl (C=O) groups is 1. The molecule has 0 spiro atoms. The zero-order valence-electron chi connectivity index (χ0n) is 17.2. The molecule has 3 nitrogen and oxygen atoms in total. The van der Waals surface area contributed by atoms with Crippen molar-refractivity contribution >= 4 is 11.6 Å². The van der Waals surface area contributed by atoms with Gasteiger partial charge in [-0.25, -0.2) is 0 Å². The van der Waals surface area contributed by atoms with Gasteiger partial charge in [0, 0.05) is 31.9 Å². The first-order valence-corrected chi connectivity index (χ1v) is 10.3. The van der Waals surface area contributed by atoms with Crippen molar-refractivity contribution in [1.82, 2.24) is 4.90 Å². The molecular formula is C26H28N2O. The van der Waals surface area contributed by atoms with Crippen LogP contribution < -0.4 is 4.90 Å². The number of carbonyl (C=O) groups excluding carboxylic acids is 1. The molecule has 1 aliphatic heterocycles. The van der Waals surface area contributed by atoms with Crippen LogP contribution >= 0.6 is 0 Å². The van der Waals surface area contributed by atoms with Gasteiger partial charge >= 0.3 is 0 Å². The van der Waals surface area contributed by atoms with Gasteiger partial charge in [0.2, 0.25) is 5.91 Å². The number of hydrogen-bond donors (Lipinski definition) is 0. The van der Waals surface area contributed by atoms with Crippen molar-refractivity contribution in [3.63, 3.8) is 0 Å². The Kier molecular flexibility index (Phi) is 5.66. The summed E-state index contributed by atoms with van der Waals surface area (Å²) in [5.41, 5.74) is 6.04. The van der Waals surface area contributed by atoms with Gasteiger partial charge < -0.3 is 9.80 Å². The molecule has 3 aromatic rings. The number of anilines is 1. The fraction of sp³-hybridized carbons (Fsp3) is 0.269. The lowest BCUT2D eigenvalue weighted by molar-refractivity contribution is -0.132. The van der Waals surface area contributed by atoms with E-state index in [1.807, 2.05) is 41.3 Å². The van der Waals surface area contributed by atoms with Crippen LogP contribution in [0, 0.1) is 13.8 Å². The van der Waals surface area contributed by atoms with Crippen LogP contribution in [0.2, 0.25) is 0 Å². The van der Waals surface area contributed by atoms with Crippen molar-refractivity contribution in [2.45, 2.75) is 19.8 Å². The first-order valence-electron chi connectivity index (χ1n) is 10.3. The molecule has 3 heteroatoms. The van der Waals surface area contributed by atoms with Crippen molar-refractivity contribution in [2.75, 3.05) is 31.1 Å². The van der Waals surface area contributed by atoms with E-state index in [-0.39, 0.29) is 11.8 Å². The molecular weight excluding hydrogens is 356 g/mol. The Morgan fingerprint density at radius 3 is 1.66 bits per heavy atom. The highest BCUT2D eigenvalue weighted by Crippen LogP contribution is 2.29. The fourth-order valence-corrected chi connectivity index (χ4v) is 4.41. The second-order valence-corrected chi connectivity index (χ2v) is 7.81. The third-order valence-electron chi connectivity index (χ3n) is 5.86. The number of benzene rings is 3. The molecule has 0 atom stereocenters. The summed E-state index contributed by atoms with van der Waals surface area (Å²) < 4.78 is 0. The molecule has 0 saturated carbocycles. The first kappa shape index (κ1) is 19.3. The van der Waals surface area contributed by atoms with Gasteiger partial charge in [-0.3, -0.25) is 4.79 Å². The summed E-state index contributed by atoms with van der Waals surface area (Å²) in [6, 6.07) is 26.7. The van der Waals surface area contributed by atoms with Crippen molar-refractivity contribution in [3.8, 4) is 0 Å². The number of aryl methyl sites for hydroxylation is 2. The summed E-state index contributed by atoms with van der Waals surface area (Å²) in [6.07, 6.45) is 0. The summed E-state index contributed by atoms with van der Waals surface area (Å²) in [4.78, 5) is 18.0. The number of nitrogens with zero attached hydrogens (tertiary/aromatic N) is 2. The van der Waals surface area contributed by atoms with Gasteiger partial charge in [0.05, 0.1) is 5.92 Å². The van der Waals surface area contributed by atoms with Gasteiger partial charge in [-0.2, -0.15) is 0 Å². The van der Waals surface area contributed by atoms with E-state index < -0.39 is 0 Å². The van der Waals surface area contributed by atoms with Crippen LogP contribution in [0.4, 0.5) is 5.69 Å². The Morgan fingerprint density at radius 2 is 1.17 bits per heavy atom. The smallest absolute Gasteiger partial charge is 0.234 e. The number of rotatable bonds is 4. The molecule has 0 aliphatic carbocycles. The third-order valence-corrected chi connectivity index (χ3v) is 5.86. The molecule has 4 rings (SSSR count). The van der Waals surface area contributed by atoms with Gasteiger partial charge in [0.25, 0.3) is 0 Å². The lowest BCUT2D eigenvalue weighted by atomic mass is 9.90. The first-order chi connectivity index (χ1) is 14.1. The topological polar surface area (TPSA) is 23.6 Å². The molecule has 1 heterocycles. The quantitative estimate of drug-likeness (QED) is 0.646. The molecule has 0 bridgehead atoms. The Labute approximate surface area is 173 Å². The summed E-state index contributed by atoms with van der Waals surface area (Å²) in [5, 5.41) is 0. The molecule has 1 fully saturated rings. The molecule has 1 saturated heterocycles. The minimum atomic E-state index is -0.246. The monoisotopic (exact) mass is 384 g/mol. The van der Waals surface area contributed by atoms with Crippen LogP contribution in [0.15, 0.2) is 78.9 Å². The Balaban J connectivity index is 1.54. The lowest BCUT2D eigenvalue weighted by Gasteiger charge is -2.39. The Bertz CT molecular complexity index is 901. The van der Waals surface area contributed by atoms with Gasteiger partial charge in [0.15, 0.2) is 0 Å². The van der Waals surface area contributed by atoms with Crippen molar-refractivity contribution in [2.24, 2.45) is 0 Å². The largest absolute Gasteiger partial charge is 0.368 e. The van der Waals surface area contributed by atoms with Crippen LogP contribution in [-0.4, -0.2) is 37.0 Å². The van der Waals surface area contributed by atoms with Gasteiger partial charge in [-0.15, -0.1) is 0 Å². The average molecular weight is 385 g/mol. The molecule has 0 N–H and O–H groups in total.